The van der Waals surface area contributed by atoms with Gasteiger partial charge in [0.1, 0.15) is 12.4 Å². The van der Waals surface area contributed by atoms with E-state index in [9.17, 15) is 0 Å². The van der Waals surface area contributed by atoms with E-state index in [4.69, 9.17) is 44.6 Å². The van der Waals surface area contributed by atoms with Gasteiger partial charge in [0.25, 0.3) is 4.84 Å². The normalized spacial score (nSPS) is 10.6. The summed E-state index contributed by atoms with van der Waals surface area (Å²) < 4.78 is 10.9. The molecule has 0 spiro atoms. The maximum Gasteiger partial charge on any atom is 0.284 e. The van der Waals surface area contributed by atoms with Gasteiger partial charge in [0.15, 0.2) is 0 Å². The molecule has 22 heavy (non-hydrogen) atoms. The molecule has 3 aromatic rings. The maximum atomic E-state index is 6.10. The molecule has 0 bridgehead atoms. The zero-order chi connectivity index (χ0) is 15.5. The number of aromatic nitrogens is 2. The van der Waals surface area contributed by atoms with Crippen LogP contribution < -0.4 is 4.74 Å². The van der Waals surface area contributed by atoms with Crippen molar-refractivity contribution < 1.29 is 9.15 Å². The second kappa shape index (κ2) is 6.52. The fraction of sp³-hybridized carbons (Fsp3) is 0.0667. The van der Waals surface area contributed by atoms with Crippen molar-refractivity contribution in [3.05, 3.63) is 62.9 Å². The van der Waals surface area contributed by atoms with Gasteiger partial charge in [-0.3, -0.25) is 0 Å². The van der Waals surface area contributed by atoms with E-state index in [0.29, 0.717) is 28.3 Å². The molecule has 0 saturated carbocycles. The van der Waals surface area contributed by atoms with Crippen molar-refractivity contribution in [2.75, 3.05) is 0 Å². The van der Waals surface area contributed by atoms with E-state index >= 15 is 0 Å². The Morgan fingerprint density at radius 3 is 2.55 bits per heavy atom. The van der Waals surface area contributed by atoms with Crippen molar-refractivity contribution in [2.45, 2.75) is 6.61 Å². The van der Waals surface area contributed by atoms with E-state index in [1.165, 1.54) is 0 Å². The summed E-state index contributed by atoms with van der Waals surface area (Å²) in [4.78, 5) is 0.243. The number of halogens is 2. The van der Waals surface area contributed by atoms with Crippen molar-refractivity contribution in [1.29, 1.82) is 0 Å². The molecular formula is C15H10Cl2N2O2S. The molecule has 0 aliphatic carbocycles. The van der Waals surface area contributed by atoms with Gasteiger partial charge in [-0.25, -0.2) is 5.10 Å². The van der Waals surface area contributed by atoms with Gasteiger partial charge in [0.2, 0.25) is 5.89 Å². The van der Waals surface area contributed by atoms with Crippen LogP contribution in [0.2, 0.25) is 10.0 Å². The summed E-state index contributed by atoms with van der Waals surface area (Å²) in [6.07, 6.45) is 0. The molecule has 4 nitrogen and oxygen atoms in total. The Morgan fingerprint density at radius 1 is 1.14 bits per heavy atom. The third kappa shape index (κ3) is 3.50. The summed E-state index contributed by atoms with van der Waals surface area (Å²) in [5.41, 5.74) is 1.68. The number of hydrogen-bond acceptors (Lipinski definition) is 4. The van der Waals surface area contributed by atoms with Gasteiger partial charge in [-0.15, -0.1) is 5.10 Å². The number of hydrogen-bond donors (Lipinski definition) is 1. The number of rotatable bonds is 4. The van der Waals surface area contributed by atoms with Crippen molar-refractivity contribution in [3.8, 4) is 17.2 Å². The molecule has 0 unspecified atom stereocenters. The van der Waals surface area contributed by atoms with Gasteiger partial charge in [-0.05, 0) is 48.6 Å². The minimum Gasteiger partial charge on any atom is -0.489 e. The summed E-state index contributed by atoms with van der Waals surface area (Å²) >= 11 is 16.8. The molecule has 3 rings (SSSR count). The van der Waals surface area contributed by atoms with Crippen molar-refractivity contribution in [1.82, 2.24) is 10.2 Å². The Kier molecular flexibility index (Phi) is 4.47. The van der Waals surface area contributed by atoms with Crippen LogP contribution in [0.15, 0.2) is 46.9 Å². The minimum atomic E-state index is 0.243. The lowest BCUT2D eigenvalue weighted by atomic mass is 10.2. The predicted octanol–water partition coefficient (Wildman–Crippen LogP) is 5.28. The number of nitrogens with one attached hydrogen (secondary N) is 1. The summed E-state index contributed by atoms with van der Waals surface area (Å²) in [7, 11) is 0. The van der Waals surface area contributed by atoms with Crippen LogP contribution in [-0.2, 0) is 6.61 Å². The number of ether oxygens (including phenoxy) is 1. The largest absolute Gasteiger partial charge is 0.489 e. The summed E-state index contributed by atoms with van der Waals surface area (Å²) in [5.74, 6) is 1.15. The number of benzene rings is 2. The smallest absolute Gasteiger partial charge is 0.284 e. The zero-order valence-electron chi connectivity index (χ0n) is 11.2. The van der Waals surface area contributed by atoms with E-state index in [1.54, 1.807) is 12.1 Å². The molecule has 2 aromatic carbocycles. The summed E-state index contributed by atoms with van der Waals surface area (Å²) in [6, 6.07) is 12.6. The van der Waals surface area contributed by atoms with E-state index < -0.39 is 0 Å². The van der Waals surface area contributed by atoms with E-state index in [1.807, 2.05) is 30.3 Å². The highest BCUT2D eigenvalue weighted by Gasteiger charge is 2.05. The molecule has 0 saturated heterocycles. The highest BCUT2D eigenvalue weighted by atomic mass is 35.5. The average molecular weight is 353 g/mol. The Labute approximate surface area is 141 Å². The lowest BCUT2D eigenvalue weighted by Gasteiger charge is -2.08. The molecular weight excluding hydrogens is 343 g/mol. The van der Waals surface area contributed by atoms with Crippen LogP contribution in [0.25, 0.3) is 11.5 Å². The molecule has 0 fully saturated rings. The number of H-pyrrole nitrogens is 1. The van der Waals surface area contributed by atoms with Crippen molar-refractivity contribution in [2.24, 2.45) is 0 Å². The summed E-state index contributed by atoms with van der Waals surface area (Å²) in [5, 5.41) is 7.72. The van der Waals surface area contributed by atoms with Crippen LogP contribution in [0.1, 0.15) is 5.56 Å². The highest BCUT2D eigenvalue weighted by Crippen LogP contribution is 2.24. The summed E-state index contributed by atoms with van der Waals surface area (Å²) in [6.45, 7) is 0.360. The topological polar surface area (TPSA) is 51.0 Å². The molecule has 1 N–H and O–H groups in total. The minimum absolute atomic E-state index is 0.243. The lowest BCUT2D eigenvalue weighted by Crippen LogP contribution is -1.96. The van der Waals surface area contributed by atoms with Gasteiger partial charge in [-0.2, -0.15) is 0 Å². The van der Waals surface area contributed by atoms with Gasteiger partial charge in [0.05, 0.1) is 0 Å². The Bertz CT molecular complexity index is 843. The molecule has 112 valence electrons. The van der Waals surface area contributed by atoms with Crippen LogP contribution in [-0.4, -0.2) is 10.2 Å². The zero-order valence-corrected chi connectivity index (χ0v) is 13.5. The van der Waals surface area contributed by atoms with E-state index in [2.05, 4.69) is 10.2 Å². The second-order valence-electron chi connectivity index (χ2n) is 4.47. The quantitative estimate of drug-likeness (QED) is 0.648. The first kappa shape index (κ1) is 15.1. The first-order valence-electron chi connectivity index (χ1n) is 6.34. The molecule has 0 aliphatic rings. The second-order valence-corrected chi connectivity index (χ2v) is 5.68. The van der Waals surface area contributed by atoms with Crippen LogP contribution in [0, 0.1) is 4.84 Å². The third-order valence-electron chi connectivity index (χ3n) is 2.95. The molecule has 0 aliphatic heterocycles. The molecule has 0 radical (unpaired) electrons. The fourth-order valence-corrected chi connectivity index (χ4v) is 2.43. The Hall–Kier alpha value is -1.82. The highest BCUT2D eigenvalue weighted by molar-refractivity contribution is 7.71. The van der Waals surface area contributed by atoms with Gasteiger partial charge in [-0.1, -0.05) is 29.3 Å². The number of aromatic amines is 1. The van der Waals surface area contributed by atoms with Gasteiger partial charge in [0, 0.05) is 21.2 Å². The fourth-order valence-electron chi connectivity index (χ4n) is 1.85. The first-order chi connectivity index (χ1) is 10.6. The molecule has 0 atom stereocenters. The standard InChI is InChI=1S/C15H10Cl2N2O2S/c16-11-4-1-10(13(17)7-11)8-20-12-5-2-9(3-6-12)14-18-19-15(22)21-14/h1-7H,8H2,(H,19,22). The SMILES string of the molecule is S=c1[nH]nc(-c2ccc(OCc3ccc(Cl)cc3Cl)cc2)o1. The molecule has 7 heteroatoms. The van der Waals surface area contributed by atoms with Crippen LogP contribution in [0.3, 0.4) is 0 Å². The van der Waals surface area contributed by atoms with Crippen LogP contribution >= 0.6 is 35.4 Å². The van der Waals surface area contributed by atoms with Gasteiger partial charge < -0.3 is 9.15 Å². The van der Waals surface area contributed by atoms with E-state index in [0.717, 1.165) is 11.1 Å². The number of nitrogens with zero attached hydrogens (tertiary/aromatic N) is 1. The van der Waals surface area contributed by atoms with Crippen LogP contribution in [0.5, 0.6) is 5.75 Å². The molecule has 1 heterocycles. The monoisotopic (exact) mass is 352 g/mol. The van der Waals surface area contributed by atoms with Gasteiger partial charge >= 0.3 is 0 Å². The third-order valence-corrected chi connectivity index (χ3v) is 3.71. The Balaban J connectivity index is 1.70. The lowest BCUT2D eigenvalue weighted by molar-refractivity contribution is 0.306. The van der Waals surface area contributed by atoms with Crippen LogP contribution in [0.4, 0.5) is 0 Å². The van der Waals surface area contributed by atoms with Crippen molar-refractivity contribution in [3.63, 3.8) is 0 Å². The van der Waals surface area contributed by atoms with E-state index in [-0.39, 0.29) is 4.84 Å². The predicted molar refractivity (Wildman–Crippen MR) is 87.9 cm³/mol. The maximum absolute atomic E-state index is 6.10. The molecule has 1 aromatic heterocycles. The molecule has 0 amide bonds. The van der Waals surface area contributed by atoms with Crippen molar-refractivity contribution >= 4 is 35.4 Å². The Morgan fingerprint density at radius 2 is 1.91 bits per heavy atom. The average Bonchev–Trinajstić information content (AvgIpc) is 2.93. The first-order valence-corrected chi connectivity index (χ1v) is 7.51.